The van der Waals surface area contributed by atoms with E-state index in [2.05, 4.69) is 26.5 Å². The number of hydrogen-bond donors (Lipinski definition) is 2. The Hall–Kier alpha value is -3.45. The summed E-state index contributed by atoms with van der Waals surface area (Å²) >= 11 is 0. The first-order valence-electron chi connectivity index (χ1n) is 12.8. The Morgan fingerprint density at radius 2 is 1.07 bits per heavy atom. The van der Waals surface area contributed by atoms with Crippen molar-refractivity contribution in [2.75, 3.05) is 11.5 Å². The number of rotatable bonds is 6. The second kappa shape index (κ2) is 14.1. The van der Waals surface area contributed by atoms with Crippen molar-refractivity contribution >= 4 is 65.8 Å². The number of anilines is 2. The van der Waals surface area contributed by atoms with E-state index in [1.807, 2.05) is 60.7 Å². The van der Waals surface area contributed by atoms with Crippen LogP contribution in [0, 0.1) is 6.07 Å². The first kappa shape index (κ1) is 33.4. The Balaban J connectivity index is 0.00000221. The minimum absolute atomic E-state index is 0. The second-order valence-corrected chi connectivity index (χ2v) is 10.8. The Bertz CT molecular complexity index is 2140. The van der Waals surface area contributed by atoms with Crippen LogP contribution in [0.4, 0.5) is 34.1 Å². The van der Waals surface area contributed by atoms with Crippen molar-refractivity contribution in [2.24, 2.45) is 20.5 Å². The molecular formula is C32H22N6Na2O3S. The molecule has 6 rings (SSSR count). The molecule has 0 saturated heterocycles. The molecule has 9 nitrogen and oxygen atoms in total. The zero-order valence-electron chi connectivity index (χ0n) is 24.0. The molecule has 6 aromatic rings. The zero-order chi connectivity index (χ0) is 29.3. The van der Waals surface area contributed by atoms with Gasteiger partial charge in [-0.3, -0.25) is 0 Å². The Labute approximate surface area is 298 Å². The van der Waals surface area contributed by atoms with Gasteiger partial charge in [0.1, 0.15) is 15.8 Å². The fraction of sp³-hybridized carbons (Fsp3) is 0. The van der Waals surface area contributed by atoms with Crippen molar-refractivity contribution in [1.29, 1.82) is 0 Å². The van der Waals surface area contributed by atoms with Gasteiger partial charge in [0.2, 0.25) is 0 Å². The molecule has 0 spiro atoms. The van der Waals surface area contributed by atoms with E-state index in [0.29, 0.717) is 28.1 Å². The van der Waals surface area contributed by atoms with E-state index < -0.39 is 15.0 Å². The third-order valence-corrected chi connectivity index (χ3v) is 7.64. The van der Waals surface area contributed by atoms with Crippen LogP contribution in [0.3, 0.4) is 0 Å². The van der Waals surface area contributed by atoms with E-state index in [4.69, 9.17) is 11.5 Å². The van der Waals surface area contributed by atoms with Crippen LogP contribution in [0.5, 0.6) is 0 Å². The van der Waals surface area contributed by atoms with Gasteiger partial charge in [0.15, 0.2) is 0 Å². The quantitative estimate of drug-likeness (QED) is 0.0965. The summed E-state index contributed by atoms with van der Waals surface area (Å²) in [4.78, 5) is -0.390. The van der Waals surface area contributed by atoms with Crippen LogP contribution in [-0.4, -0.2) is 13.0 Å². The maximum atomic E-state index is 11.8. The Morgan fingerprint density at radius 3 is 1.64 bits per heavy atom. The van der Waals surface area contributed by atoms with E-state index in [1.165, 1.54) is 6.07 Å². The molecule has 206 valence electrons. The maximum absolute atomic E-state index is 11.8. The predicted octanol–water partition coefficient (Wildman–Crippen LogP) is 2.37. The third-order valence-electron chi connectivity index (χ3n) is 6.77. The molecule has 0 fully saturated rings. The van der Waals surface area contributed by atoms with Crippen LogP contribution in [0.25, 0.3) is 32.7 Å². The summed E-state index contributed by atoms with van der Waals surface area (Å²) in [6.45, 7) is 0. The van der Waals surface area contributed by atoms with Gasteiger partial charge in [-0.15, -0.1) is 34.8 Å². The maximum Gasteiger partial charge on any atom is 1.00 e. The molecule has 0 heterocycles. The number of fused-ring (bicyclic) bond motifs is 2. The predicted molar refractivity (Wildman–Crippen MR) is 164 cm³/mol. The number of nitrogen functional groups attached to an aromatic ring is 2. The number of nitrogens with zero attached hydrogens (tertiary/aromatic N) is 4. The van der Waals surface area contributed by atoms with Gasteiger partial charge >= 0.3 is 59.1 Å². The number of nitrogens with two attached hydrogens (primary N) is 2. The van der Waals surface area contributed by atoms with Gasteiger partial charge in [0, 0.05) is 16.5 Å². The number of azo groups is 2. The molecule has 6 aromatic carbocycles. The van der Waals surface area contributed by atoms with Crippen molar-refractivity contribution < 1.29 is 72.1 Å². The van der Waals surface area contributed by atoms with E-state index in [1.54, 1.807) is 36.4 Å². The zero-order valence-corrected chi connectivity index (χ0v) is 28.8. The van der Waals surface area contributed by atoms with Crippen LogP contribution in [0.1, 0.15) is 0 Å². The van der Waals surface area contributed by atoms with Crippen LogP contribution >= 0.6 is 0 Å². The average molecular weight is 617 g/mol. The molecule has 12 heteroatoms. The minimum Gasteiger partial charge on any atom is -0.744 e. The molecule has 0 aliphatic heterocycles. The molecule has 4 N–H and O–H groups in total. The molecule has 0 atom stereocenters. The number of hydrogen-bond acceptors (Lipinski definition) is 9. The molecule has 0 unspecified atom stereocenters. The smallest absolute Gasteiger partial charge is 0.744 e. The first-order chi connectivity index (χ1) is 20.3. The summed E-state index contributed by atoms with van der Waals surface area (Å²) in [5, 5.41) is 19.5. The molecule has 0 bridgehead atoms. The van der Waals surface area contributed by atoms with Crippen molar-refractivity contribution in [3.8, 4) is 11.1 Å². The Kier molecular flexibility index (Phi) is 10.7. The average Bonchev–Trinajstić information content (AvgIpc) is 3.01. The summed E-state index contributed by atoms with van der Waals surface area (Å²) in [6.07, 6.45) is 0. The molecule has 0 aromatic heterocycles. The summed E-state index contributed by atoms with van der Waals surface area (Å²) in [5.41, 5.74) is 17.0. The molecule has 0 radical (unpaired) electrons. The van der Waals surface area contributed by atoms with Crippen LogP contribution < -0.4 is 70.6 Å². The largest absolute Gasteiger partial charge is 1.00 e. The molecule has 44 heavy (non-hydrogen) atoms. The SMILES string of the molecule is Nc1c(N=Nc2ccc(-c3ccc(N=Nc4cc(S(=O)(=O)[O-])c5ccccc5c4N)cc3)cc2)c[c-]c2ccccc12.[Na+].[Na+]. The van der Waals surface area contributed by atoms with Gasteiger partial charge in [-0.05, 0) is 47.1 Å². The third kappa shape index (κ3) is 7.09. The molecule has 0 amide bonds. The van der Waals surface area contributed by atoms with Gasteiger partial charge in [-0.25, -0.2) is 8.42 Å². The monoisotopic (exact) mass is 616 g/mol. The molecule has 0 aliphatic carbocycles. The fourth-order valence-electron chi connectivity index (χ4n) is 4.59. The van der Waals surface area contributed by atoms with E-state index in [9.17, 15) is 13.0 Å². The molecule has 0 saturated carbocycles. The summed E-state index contributed by atoms with van der Waals surface area (Å²) in [6, 6.07) is 35.2. The van der Waals surface area contributed by atoms with E-state index in [0.717, 1.165) is 28.0 Å². The van der Waals surface area contributed by atoms with Crippen molar-refractivity contribution in [1.82, 2.24) is 0 Å². The second-order valence-electron chi connectivity index (χ2n) is 9.43. The topological polar surface area (TPSA) is 159 Å². The normalized spacial score (nSPS) is 11.6. The standard InChI is InChI=1S/C32H23N6O3S.2Na/c33-31-25-6-2-1-5-22(25)13-18-28(31)37-35-23-14-9-20(10-15-23)21-11-16-24(17-12-21)36-38-29-19-30(42(39,40)41)26-7-3-4-8-27(26)32(29)34;;/h1-12,14-19H,33-34H2,(H,39,40,41);;/q-1;2*+1/p-1. The summed E-state index contributed by atoms with van der Waals surface area (Å²) < 4.78 is 35.5. The van der Waals surface area contributed by atoms with Crippen LogP contribution in [-0.2, 0) is 10.1 Å². The van der Waals surface area contributed by atoms with Gasteiger partial charge in [-0.1, -0.05) is 66.0 Å². The number of benzene rings is 6. The Morgan fingerprint density at radius 1 is 0.591 bits per heavy atom. The van der Waals surface area contributed by atoms with E-state index >= 15 is 0 Å². The van der Waals surface area contributed by atoms with E-state index in [-0.39, 0.29) is 75.9 Å². The summed E-state index contributed by atoms with van der Waals surface area (Å²) in [5.74, 6) is 0. The van der Waals surface area contributed by atoms with Gasteiger partial charge in [0.25, 0.3) is 0 Å². The van der Waals surface area contributed by atoms with Gasteiger partial charge in [-0.2, -0.15) is 15.3 Å². The van der Waals surface area contributed by atoms with Gasteiger partial charge < -0.3 is 16.0 Å². The van der Waals surface area contributed by atoms with Crippen LogP contribution in [0.2, 0.25) is 0 Å². The summed E-state index contributed by atoms with van der Waals surface area (Å²) in [7, 11) is -4.75. The molecular weight excluding hydrogens is 594 g/mol. The van der Waals surface area contributed by atoms with Crippen molar-refractivity contribution in [2.45, 2.75) is 4.90 Å². The minimum atomic E-state index is -4.75. The first-order valence-corrected chi connectivity index (χ1v) is 14.2. The molecule has 0 aliphatic rings. The van der Waals surface area contributed by atoms with Crippen LogP contribution in [0.15, 0.2) is 135 Å². The van der Waals surface area contributed by atoms with Crippen molar-refractivity contribution in [3.05, 3.63) is 115 Å². The van der Waals surface area contributed by atoms with Gasteiger partial charge in [0.05, 0.1) is 22.0 Å². The fourth-order valence-corrected chi connectivity index (χ4v) is 5.30. The van der Waals surface area contributed by atoms with Crippen molar-refractivity contribution in [3.63, 3.8) is 0 Å².